The predicted octanol–water partition coefficient (Wildman–Crippen LogP) is 2.20. The van der Waals surface area contributed by atoms with Gasteiger partial charge in [0.2, 0.25) is 0 Å². The summed E-state index contributed by atoms with van der Waals surface area (Å²) in [4.78, 5) is 2.44. The summed E-state index contributed by atoms with van der Waals surface area (Å²) >= 11 is 0. The van der Waals surface area contributed by atoms with Crippen LogP contribution < -0.4 is 5.73 Å². The van der Waals surface area contributed by atoms with E-state index in [4.69, 9.17) is 10.2 Å². The summed E-state index contributed by atoms with van der Waals surface area (Å²) in [5.41, 5.74) is 8.34. The van der Waals surface area contributed by atoms with Crippen molar-refractivity contribution in [3.8, 4) is 0 Å². The molecule has 0 saturated heterocycles. The summed E-state index contributed by atoms with van der Waals surface area (Å²) in [6.07, 6.45) is 3.49. The molecule has 88 valence electrons. The van der Waals surface area contributed by atoms with Gasteiger partial charge in [0.05, 0.1) is 6.54 Å². The van der Waals surface area contributed by atoms with E-state index >= 15 is 0 Å². The Balaban J connectivity index is 2.01. The van der Waals surface area contributed by atoms with Gasteiger partial charge in [-0.15, -0.1) is 0 Å². The molecule has 1 aromatic rings. The van der Waals surface area contributed by atoms with Crippen LogP contribution in [0.4, 0.5) is 0 Å². The van der Waals surface area contributed by atoms with Crippen LogP contribution in [0, 0.1) is 6.92 Å². The molecule has 3 heteroatoms. The zero-order valence-corrected chi connectivity index (χ0v) is 10.1. The zero-order chi connectivity index (χ0) is 11.5. The van der Waals surface area contributed by atoms with Gasteiger partial charge in [-0.25, -0.2) is 0 Å². The van der Waals surface area contributed by atoms with E-state index in [-0.39, 0.29) is 0 Å². The highest BCUT2D eigenvalue weighted by atomic mass is 16.3. The topological polar surface area (TPSA) is 42.4 Å². The number of rotatable bonds is 3. The SMILES string of the molecule is CC1=CCN(Cc2cc(CN)oc2C)CC1. The molecular formula is C13H20N2O. The first-order chi connectivity index (χ1) is 7.69. The Morgan fingerprint density at radius 2 is 2.25 bits per heavy atom. The second kappa shape index (κ2) is 4.85. The van der Waals surface area contributed by atoms with Crippen molar-refractivity contribution < 1.29 is 4.42 Å². The lowest BCUT2D eigenvalue weighted by Gasteiger charge is -2.24. The highest BCUT2D eigenvalue weighted by Crippen LogP contribution is 2.18. The van der Waals surface area contributed by atoms with E-state index in [0.717, 1.165) is 31.2 Å². The monoisotopic (exact) mass is 220 g/mol. The van der Waals surface area contributed by atoms with Crippen LogP contribution in [0.1, 0.15) is 30.4 Å². The fourth-order valence-electron chi connectivity index (χ4n) is 2.04. The molecule has 2 rings (SSSR count). The molecule has 0 unspecified atom stereocenters. The van der Waals surface area contributed by atoms with Gasteiger partial charge in [0.25, 0.3) is 0 Å². The molecule has 0 fully saturated rings. The Morgan fingerprint density at radius 1 is 1.44 bits per heavy atom. The van der Waals surface area contributed by atoms with Gasteiger partial charge in [-0.05, 0) is 26.3 Å². The van der Waals surface area contributed by atoms with Crippen molar-refractivity contribution >= 4 is 0 Å². The molecule has 0 spiro atoms. The molecule has 2 heterocycles. The van der Waals surface area contributed by atoms with E-state index in [1.165, 1.54) is 17.6 Å². The number of aryl methyl sites for hydroxylation is 1. The van der Waals surface area contributed by atoms with Crippen molar-refractivity contribution in [3.05, 3.63) is 34.8 Å². The lowest BCUT2D eigenvalue weighted by molar-refractivity contribution is 0.284. The van der Waals surface area contributed by atoms with Crippen molar-refractivity contribution in [3.63, 3.8) is 0 Å². The maximum absolute atomic E-state index is 5.57. The number of furan rings is 1. The second-order valence-electron chi connectivity index (χ2n) is 4.53. The summed E-state index contributed by atoms with van der Waals surface area (Å²) < 4.78 is 5.56. The number of hydrogen-bond donors (Lipinski definition) is 1. The van der Waals surface area contributed by atoms with E-state index < -0.39 is 0 Å². The molecule has 0 amide bonds. The lowest BCUT2D eigenvalue weighted by atomic mass is 10.1. The minimum atomic E-state index is 0.486. The molecule has 0 aromatic carbocycles. The van der Waals surface area contributed by atoms with Crippen LogP contribution in [0.5, 0.6) is 0 Å². The number of nitrogens with two attached hydrogens (primary N) is 1. The summed E-state index contributed by atoms with van der Waals surface area (Å²) in [7, 11) is 0. The van der Waals surface area contributed by atoms with Crippen LogP contribution in [0.15, 0.2) is 22.1 Å². The van der Waals surface area contributed by atoms with Gasteiger partial charge in [0, 0.05) is 25.2 Å². The predicted molar refractivity (Wildman–Crippen MR) is 65.0 cm³/mol. The molecule has 2 N–H and O–H groups in total. The minimum absolute atomic E-state index is 0.486. The number of nitrogens with zero attached hydrogens (tertiary/aromatic N) is 1. The van der Waals surface area contributed by atoms with Crippen molar-refractivity contribution in [2.24, 2.45) is 5.73 Å². The van der Waals surface area contributed by atoms with Crippen LogP contribution >= 0.6 is 0 Å². The summed E-state index contributed by atoms with van der Waals surface area (Å²) in [5.74, 6) is 1.89. The van der Waals surface area contributed by atoms with Gasteiger partial charge in [-0.1, -0.05) is 11.6 Å². The Hall–Kier alpha value is -1.06. The van der Waals surface area contributed by atoms with Gasteiger partial charge >= 0.3 is 0 Å². The highest BCUT2D eigenvalue weighted by Gasteiger charge is 2.13. The van der Waals surface area contributed by atoms with E-state index in [1.807, 2.05) is 6.92 Å². The fourth-order valence-corrected chi connectivity index (χ4v) is 2.04. The maximum Gasteiger partial charge on any atom is 0.118 e. The third kappa shape index (κ3) is 2.54. The summed E-state index contributed by atoms with van der Waals surface area (Å²) in [6, 6.07) is 2.08. The lowest BCUT2D eigenvalue weighted by Crippen LogP contribution is -2.27. The highest BCUT2D eigenvalue weighted by molar-refractivity contribution is 5.21. The standard InChI is InChI=1S/C13H20N2O/c1-10-3-5-15(6-4-10)9-12-7-13(8-14)16-11(12)2/h3,7H,4-6,8-9,14H2,1-2H3. The zero-order valence-electron chi connectivity index (χ0n) is 10.1. The Morgan fingerprint density at radius 3 is 2.81 bits per heavy atom. The Kier molecular flexibility index (Phi) is 3.46. The van der Waals surface area contributed by atoms with Crippen LogP contribution in [0.2, 0.25) is 0 Å². The van der Waals surface area contributed by atoms with Crippen LogP contribution in [-0.4, -0.2) is 18.0 Å². The maximum atomic E-state index is 5.57. The van der Waals surface area contributed by atoms with Crippen molar-refractivity contribution in [2.75, 3.05) is 13.1 Å². The fraction of sp³-hybridized carbons (Fsp3) is 0.538. The average molecular weight is 220 g/mol. The number of hydrogen-bond acceptors (Lipinski definition) is 3. The van der Waals surface area contributed by atoms with Crippen molar-refractivity contribution in [1.29, 1.82) is 0 Å². The third-order valence-corrected chi connectivity index (χ3v) is 3.19. The summed E-state index contributed by atoms with van der Waals surface area (Å²) in [6.45, 7) is 7.87. The van der Waals surface area contributed by atoms with Crippen LogP contribution in [0.25, 0.3) is 0 Å². The molecule has 0 bridgehead atoms. The second-order valence-corrected chi connectivity index (χ2v) is 4.53. The first-order valence-electron chi connectivity index (χ1n) is 5.85. The molecule has 0 radical (unpaired) electrons. The van der Waals surface area contributed by atoms with E-state index in [1.54, 1.807) is 0 Å². The molecule has 3 nitrogen and oxygen atoms in total. The van der Waals surface area contributed by atoms with Gasteiger partial charge in [-0.2, -0.15) is 0 Å². The molecule has 0 aliphatic carbocycles. The Labute approximate surface area is 96.9 Å². The summed E-state index contributed by atoms with van der Waals surface area (Å²) in [5, 5.41) is 0. The molecule has 0 atom stereocenters. The van der Waals surface area contributed by atoms with Crippen molar-refractivity contribution in [1.82, 2.24) is 4.90 Å². The van der Waals surface area contributed by atoms with E-state index in [9.17, 15) is 0 Å². The van der Waals surface area contributed by atoms with Gasteiger partial charge in [-0.3, -0.25) is 4.90 Å². The van der Waals surface area contributed by atoms with E-state index in [2.05, 4.69) is 24.0 Å². The van der Waals surface area contributed by atoms with Gasteiger partial charge in [0.1, 0.15) is 11.5 Å². The molecular weight excluding hydrogens is 200 g/mol. The minimum Gasteiger partial charge on any atom is -0.465 e. The van der Waals surface area contributed by atoms with Crippen LogP contribution in [-0.2, 0) is 13.1 Å². The van der Waals surface area contributed by atoms with E-state index in [0.29, 0.717) is 6.54 Å². The average Bonchev–Trinajstić information content (AvgIpc) is 2.63. The molecule has 1 aromatic heterocycles. The van der Waals surface area contributed by atoms with Gasteiger partial charge in [0.15, 0.2) is 0 Å². The third-order valence-electron chi connectivity index (χ3n) is 3.19. The molecule has 0 saturated carbocycles. The first kappa shape index (κ1) is 11.4. The molecule has 1 aliphatic heterocycles. The van der Waals surface area contributed by atoms with Gasteiger partial charge < -0.3 is 10.2 Å². The van der Waals surface area contributed by atoms with Crippen LogP contribution in [0.3, 0.4) is 0 Å². The quantitative estimate of drug-likeness (QED) is 0.794. The Bertz CT molecular complexity index is 393. The molecule has 1 aliphatic rings. The molecule has 16 heavy (non-hydrogen) atoms. The van der Waals surface area contributed by atoms with Crippen molar-refractivity contribution in [2.45, 2.75) is 33.4 Å². The largest absolute Gasteiger partial charge is 0.465 e. The first-order valence-corrected chi connectivity index (χ1v) is 5.85. The normalized spacial score (nSPS) is 17.6. The smallest absolute Gasteiger partial charge is 0.118 e.